The Bertz CT molecular complexity index is 857. The Morgan fingerprint density at radius 3 is 2.44 bits per heavy atom. The SMILES string of the molecule is CC(C)C(=O)N1CCC(C(=O)NNC(=O)c2ccc3ccccc3n2)CC1. The van der Waals surface area contributed by atoms with Crippen molar-refractivity contribution < 1.29 is 14.4 Å². The lowest BCUT2D eigenvalue weighted by molar-refractivity contribution is -0.138. The summed E-state index contributed by atoms with van der Waals surface area (Å²) in [5, 5.41) is 0.945. The van der Waals surface area contributed by atoms with Crippen LogP contribution in [0.3, 0.4) is 0 Å². The van der Waals surface area contributed by atoms with Crippen LogP contribution in [0, 0.1) is 11.8 Å². The number of hydrazine groups is 1. The van der Waals surface area contributed by atoms with Crippen LogP contribution in [-0.4, -0.2) is 40.7 Å². The minimum atomic E-state index is -0.457. The van der Waals surface area contributed by atoms with Gasteiger partial charge in [-0.15, -0.1) is 0 Å². The van der Waals surface area contributed by atoms with E-state index in [0.717, 1.165) is 10.9 Å². The topological polar surface area (TPSA) is 91.4 Å². The Hall–Kier alpha value is -2.96. The summed E-state index contributed by atoms with van der Waals surface area (Å²) >= 11 is 0. The normalized spacial score (nSPS) is 15.0. The van der Waals surface area contributed by atoms with Crippen LogP contribution in [0.2, 0.25) is 0 Å². The predicted octanol–water partition coefficient (Wildman–Crippen LogP) is 1.89. The average molecular weight is 368 g/mol. The molecule has 1 fully saturated rings. The third-order valence-electron chi connectivity index (χ3n) is 4.80. The molecule has 0 unspecified atom stereocenters. The molecular formula is C20H24N4O3. The van der Waals surface area contributed by atoms with E-state index in [2.05, 4.69) is 15.8 Å². The van der Waals surface area contributed by atoms with Crippen LogP contribution in [-0.2, 0) is 9.59 Å². The van der Waals surface area contributed by atoms with E-state index in [0.29, 0.717) is 25.9 Å². The highest BCUT2D eigenvalue weighted by molar-refractivity contribution is 5.96. The summed E-state index contributed by atoms with van der Waals surface area (Å²) in [4.78, 5) is 42.7. The number of nitrogens with zero attached hydrogens (tertiary/aromatic N) is 2. The Balaban J connectivity index is 1.51. The summed E-state index contributed by atoms with van der Waals surface area (Å²) in [6, 6.07) is 11.0. The second-order valence-electron chi connectivity index (χ2n) is 7.09. The highest BCUT2D eigenvalue weighted by Gasteiger charge is 2.28. The first-order chi connectivity index (χ1) is 13.0. The number of likely N-dealkylation sites (tertiary alicyclic amines) is 1. The lowest BCUT2D eigenvalue weighted by atomic mass is 9.95. The molecule has 7 heteroatoms. The van der Waals surface area contributed by atoms with Crippen LogP contribution < -0.4 is 10.9 Å². The lowest BCUT2D eigenvalue weighted by Crippen LogP contribution is -2.48. The molecule has 1 aromatic heterocycles. The zero-order valence-electron chi connectivity index (χ0n) is 15.6. The van der Waals surface area contributed by atoms with Crippen LogP contribution in [0.15, 0.2) is 36.4 Å². The van der Waals surface area contributed by atoms with Gasteiger partial charge in [0.15, 0.2) is 0 Å². The van der Waals surface area contributed by atoms with Crippen molar-refractivity contribution in [3.63, 3.8) is 0 Å². The van der Waals surface area contributed by atoms with Gasteiger partial charge in [0.1, 0.15) is 5.69 Å². The first-order valence-corrected chi connectivity index (χ1v) is 9.20. The van der Waals surface area contributed by atoms with Crippen LogP contribution in [0.1, 0.15) is 37.2 Å². The van der Waals surface area contributed by atoms with Crippen molar-refractivity contribution in [2.45, 2.75) is 26.7 Å². The van der Waals surface area contributed by atoms with E-state index in [1.54, 1.807) is 11.0 Å². The van der Waals surface area contributed by atoms with Crippen molar-refractivity contribution in [1.82, 2.24) is 20.7 Å². The van der Waals surface area contributed by atoms with Gasteiger partial charge in [-0.2, -0.15) is 0 Å². The van der Waals surface area contributed by atoms with Gasteiger partial charge in [-0.05, 0) is 25.0 Å². The Morgan fingerprint density at radius 2 is 1.74 bits per heavy atom. The van der Waals surface area contributed by atoms with Gasteiger partial charge < -0.3 is 4.90 Å². The summed E-state index contributed by atoms with van der Waals surface area (Å²) in [6.45, 7) is 4.87. The van der Waals surface area contributed by atoms with E-state index < -0.39 is 5.91 Å². The molecule has 1 aromatic carbocycles. The van der Waals surface area contributed by atoms with Gasteiger partial charge in [0, 0.05) is 30.3 Å². The highest BCUT2D eigenvalue weighted by Crippen LogP contribution is 2.19. The second kappa shape index (κ2) is 8.16. The smallest absolute Gasteiger partial charge is 0.288 e. The Kier molecular flexibility index (Phi) is 5.69. The maximum absolute atomic E-state index is 12.3. The number of para-hydroxylation sites is 1. The number of carbonyl (C=O) groups excluding carboxylic acids is 3. The van der Waals surface area contributed by atoms with E-state index in [9.17, 15) is 14.4 Å². The minimum Gasteiger partial charge on any atom is -0.342 e. The van der Waals surface area contributed by atoms with Crippen LogP contribution >= 0.6 is 0 Å². The number of hydrogen-bond donors (Lipinski definition) is 2. The molecule has 0 aliphatic carbocycles. The molecule has 27 heavy (non-hydrogen) atoms. The van der Waals surface area contributed by atoms with Gasteiger partial charge in [0.25, 0.3) is 5.91 Å². The van der Waals surface area contributed by atoms with Gasteiger partial charge in [-0.1, -0.05) is 38.1 Å². The molecule has 2 N–H and O–H groups in total. The lowest BCUT2D eigenvalue weighted by Gasteiger charge is -2.32. The summed E-state index contributed by atoms with van der Waals surface area (Å²) in [7, 11) is 0. The standard InChI is InChI=1S/C20H24N4O3/c1-13(2)20(27)24-11-9-15(10-12-24)18(25)22-23-19(26)17-8-7-14-5-3-4-6-16(14)21-17/h3-8,13,15H,9-12H2,1-2H3,(H,22,25)(H,23,26). The van der Waals surface area contributed by atoms with Crippen LogP contribution in [0.4, 0.5) is 0 Å². The van der Waals surface area contributed by atoms with Crippen molar-refractivity contribution in [2.24, 2.45) is 11.8 Å². The van der Waals surface area contributed by atoms with Crippen LogP contribution in [0.25, 0.3) is 10.9 Å². The Labute approximate surface area is 158 Å². The van der Waals surface area contributed by atoms with E-state index in [1.807, 2.05) is 44.2 Å². The number of carbonyl (C=O) groups is 3. The molecule has 0 atom stereocenters. The second-order valence-corrected chi connectivity index (χ2v) is 7.09. The number of fused-ring (bicyclic) bond motifs is 1. The molecule has 0 radical (unpaired) electrons. The summed E-state index contributed by atoms with van der Waals surface area (Å²) < 4.78 is 0. The zero-order chi connectivity index (χ0) is 19.4. The van der Waals surface area contributed by atoms with Gasteiger partial charge in [0.2, 0.25) is 11.8 Å². The van der Waals surface area contributed by atoms with Gasteiger partial charge in [0.05, 0.1) is 5.52 Å². The summed E-state index contributed by atoms with van der Waals surface area (Å²) in [5.41, 5.74) is 5.88. The monoisotopic (exact) mass is 368 g/mol. The van der Waals surface area contributed by atoms with E-state index in [1.165, 1.54) is 0 Å². The van der Waals surface area contributed by atoms with Gasteiger partial charge >= 0.3 is 0 Å². The quantitative estimate of drug-likeness (QED) is 0.810. The molecule has 7 nitrogen and oxygen atoms in total. The van der Waals surface area contributed by atoms with Crippen molar-refractivity contribution in [3.05, 3.63) is 42.1 Å². The van der Waals surface area contributed by atoms with Crippen LogP contribution in [0.5, 0.6) is 0 Å². The number of piperidine rings is 1. The molecule has 0 bridgehead atoms. The molecule has 0 saturated carbocycles. The molecule has 2 aromatic rings. The third-order valence-corrected chi connectivity index (χ3v) is 4.80. The third kappa shape index (κ3) is 4.42. The molecule has 2 heterocycles. The van der Waals surface area contributed by atoms with Crippen molar-refractivity contribution in [2.75, 3.05) is 13.1 Å². The molecule has 3 rings (SSSR count). The molecular weight excluding hydrogens is 344 g/mol. The first kappa shape index (κ1) is 18.8. The maximum Gasteiger partial charge on any atom is 0.288 e. The number of benzene rings is 1. The molecule has 0 spiro atoms. The van der Waals surface area contributed by atoms with Gasteiger partial charge in [-0.3, -0.25) is 25.2 Å². The Morgan fingerprint density at radius 1 is 1.04 bits per heavy atom. The fourth-order valence-electron chi connectivity index (χ4n) is 3.20. The molecule has 3 amide bonds. The largest absolute Gasteiger partial charge is 0.342 e. The van der Waals surface area contributed by atoms with Crippen molar-refractivity contribution in [1.29, 1.82) is 0 Å². The number of nitrogens with one attached hydrogen (secondary N) is 2. The number of pyridine rings is 1. The fourth-order valence-corrected chi connectivity index (χ4v) is 3.20. The van der Waals surface area contributed by atoms with Crippen molar-refractivity contribution >= 4 is 28.6 Å². The fraction of sp³-hybridized carbons (Fsp3) is 0.400. The minimum absolute atomic E-state index is 0.0379. The predicted molar refractivity (Wildman–Crippen MR) is 101 cm³/mol. The number of amides is 3. The highest BCUT2D eigenvalue weighted by atomic mass is 16.2. The number of aromatic nitrogens is 1. The van der Waals surface area contributed by atoms with E-state index in [4.69, 9.17) is 0 Å². The van der Waals surface area contributed by atoms with E-state index in [-0.39, 0.29) is 29.3 Å². The molecule has 1 aliphatic heterocycles. The maximum atomic E-state index is 12.3. The molecule has 1 aliphatic rings. The zero-order valence-corrected chi connectivity index (χ0v) is 15.6. The average Bonchev–Trinajstić information content (AvgIpc) is 2.70. The van der Waals surface area contributed by atoms with Crippen molar-refractivity contribution in [3.8, 4) is 0 Å². The molecule has 142 valence electrons. The number of rotatable bonds is 3. The van der Waals surface area contributed by atoms with Gasteiger partial charge in [-0.25, -0.2) is 4.98 Å². The van der Waals surface area contributed by atoms with E-state index >= 15 is 0 Å². The summed E-state index contributed by atoms with van der Waals surface area (Å²) in [5.74, 6) is -0.831. The first-order valence-electron chi connectivity index (χ1n) is 9.20. The molecule has 1 saturated heterocycles. The number of hydrogen-bond acceptors (Lipinski definition) is 4. The summed E-state index contributed by atoms with van der Waals surface area (Å²) in [6.07, 6.45) is 1.18.